The fraction of sp³-hybridized carbons (Fsp3) is 1.00. The van der Waals surface area contributed by atoms with Crippen molar-refractivity contribution in [3.05, 3.63) is 0 Å². The van der Waals surface area contributed by atoms with Crippen molar-refractivity contribution in [1.82, 2.24) is 10.2 Å². The van der Waals surface area contributed by atoms with Gasteiger partial charge in [0.25, 0.3) is 0 Å². The molecule has 1 aliphatic carbocycles. The lowest BCUT2D eigenvalue weighted by Gasteiger charge is -2.46. The average molecular weight is 264 g/mol. The summed E-state index contributed by atoms with van der Waals surface area (Å²) in [4.78, 5) is 1.67. The van der Waals surface area contributed by atoms with Crippen molar-refractivity contribution in [2.75, 3.05) is 19.6 Å². The van der Waals surface area contributed by atoms with Gasteiger partial charge in [-0.1, -0.05) is 26.2 Å². The third-order valence-electron chi connectivity index (χ3n) is 4.30. The van der Waals surface area contributed by atoms with Crippen LogP contribution in [0.1, 0.15) is 45.4 Å². The van der Waals surface area contributed by atoms with Gasteiger partial charge >= 0.3 is 6.18 Å². The summed E-state index contributed by atoms with van der Waals surface area (Å²) >= 11 is 0. The van der Waals surface area contributed by atoms with Crippen LogP contribution in [-0.2, 0) is 0 Å². The number of hydrogen-bond donors (Lipinski definition) is 1. The van der Waals surface area contributed by atoms with Crippen molar-refractivity contribution in [2.24, 2.45) is 0 Å². The highest BCUT2D eigenvalue weighted by Crippen LogP contribution is 2.34. The number of rotatable bonds is 3. The van der Waals surface area contributed by atoms with Gasteiger partial charge in [0.15, 0.2) is 0 Å². The van der Waals surface area contributed by atoms with Gasteiger partial charge in [-0.3, -0.25) is 4.90 Å². The van der Waals surface area contributed by atoms with E-state index < -0.39 is 12.7 Å². The second-order valence-electron chi connectivity index (χ2n) is 5.83. The molecule has 5 heteroatoms. The fourth-order valence-corrected chi connectivity index (χ4v) is 3.46. The van der Waals surface area contributed by atoms with Gasteiger partial charge in [-0.15, -0.1) is 0 Å². The van der Waals surface area contributed by atoms with Crippen molar-refractivity contribution < 1.29 is 13.2 Å². The molecule has 2 fully saturated rings. The van der Waals surface area contributed by atoms with Gasteiger partial charge in [-0.2, -0.15) is 13.2 Å². The molecule has 1 spiro atoms. The standard InChI is InChI=1S/C13H23F3N2/c1-2-5-11-8-17-12(6-3-4-7-12)9-18(11)10-13(14,15)16/h11,17H,2-10H2,1H3. The monoisotopic (exact) mass is 264 g/mol. The molecule has 1 saturated carbocycles. The number of piperazine rings is 1. The minimum absolute atomic E-state index is 0.0323. The number of alkyl halides is 3. The smallest absolute Gasteiger partial charge is 0.308 e. The Labute approximate surface area is 107 Å². The topological polar surface area (TPSA) is 15.3 Å². The van der Waals surface area contributed by atoms with E-state index in [2.05, 4.69) is 5.32 Å². The molecule has 0 amide bonds. The molecule has 1 aliphatic heterocycles. The van der Waals surface area contributed by atoms with Crippen LogP contribution >= 0.6 is 0 Å². The molecular weight excluding hydrogens is 241 g/mol. The number of halogens is 3. The van der Waals surface area contributed by atoms with Crippen LogP contribution in [-0.4, -0.2) is 42.3 Å². The van der Waals surface area contributed by atoms with E-state index in [9.17, 15) is 13.2 Å². The Bertz CT molecular complexity index is 272. The zero-order valence-corrected chi connectivity index (χ0v) is 11.0. The van der Waals surface area contributed by atoms with Crippen LogP contribution in [0, 0.1) is 0 Å². The molecule has 1 atom stereocenters. The zero-order valence-electron chi connectivity index (χ0n) is 11.0. The lowest BCUT2D eigenvalue weighted by Crippen LogP contribution is -2.64. The third kappa shape index (κ3) is 3.38. The van der Waals surface area contributed by atoms with Crippen molar-refractivity contribution in [3.63, 3.8) is 0 Å². The Balaban J connectivity index is 2.03. The van der Waals surface area contributed by atoms with Crippen LogP contribution in [0.15, 0.2) is 0 Å². The molecule has 0 radical (unpaired) electrons. The summed E-state index contributed by atoms with van der Waals surface area (Å²) in [6.07, 6.45) is 2.05. The van der Waals surface area contributed by atoms with Gasteiger partial charge in [0.05, 0.1) is 6.54 Å². The maximum Gasteiger partial charge on any atom is 0.401 e. The molecule has 0 aromatic carbocycles. The van der Waals surface area contributed by atoms with Gasteiger partial charge in [0, 0.05) is 24.7 Å². The SMILES string of the molecule is CCCC1CNC2(CCCC2)CN1CC(F)(F)F. The Morgan fingerprint density at radius 1 is 1.28 bits per heavy atom. The molecule has 2 rings (SSSR count). The van der Waals surface area contributed by atoms with Gasteiger partial charge < -0.3 is 5.32 Å². The Hall–Kier alpha value is -0.290. The fourth-order valence-electron chi connectivity index (χ4n) is 3.46. The van der Waals surface area contributed by atoms with Gasteiger partial charge in [-0.05, 0) is 19.3 Å². The Kier molecular flexibility index (Phi) is 4.22. The predicted molar refractivity (Wildman–Crippen MR) is 65.5 cm³/mol. The van der Waals surface area contributed by atoms with Crippen LogP contribution < -0.4 is 5.32 Å². The number of nitrogens with zero attached hydrogens (tertiary/aromatic N) is 1. The van der Waals surface area contributed by atoms with Crippen LogP contribution in [0.3, 0.4) is 0 Å². The first kappa shape index (κ1) is 14.1. The molecule has 1 heterocycles. The molecule has 106 valence electrons. The first-order valence-corrected chi connectivity index (χ1v) is 7.00. The van der Waals surface area contributed by atoms with Crippen LogP contribution in [0.4, 0.5) is 13.2 Å². The highest BCUT2D eigenvalue weighted by Gasteiger charge is 2.44. The van der Waals surface area contributed by atoms with E-state index in [1.807, 2.05) is 6.92 Å². The highest BCUT2D eigenvalue weighted by molar-refractivity contribution is 5.01. The largest absolute Gasteiger partial charge is 0.401 e. The third-order valence-corrected chi connectivity index (χ3v) is 4.30. The molecule has 1 saturated heterocycles. The van der Waals surface area contributed by atoms with Crippen molar-refractivity contribution in [3.8, 4) is 0 Å². The second-order valence-corrected chi connectivity index (χ2v) is 5.83. The van der Waals surface area contributed by atoms with E-state index in [1.54, 1.807) is 4.90 Å². The summed E-state index contributed by atoms with van der Waals surface area (Å²) < 4.78 is 38.0. The van der Waals surface area contributed by atoms with Gasteiger partial charge in [0.1, 0.15) is 0 Å². The minimum Gasteiger partial charge on any atom is -0.308 e. The van der Waals surface area contributed by atoms with E-state index >= 15 is 0 Å². The zero-order chi connectivity index (χ0) is 13.2. The summed E-state index contributed by atoms with van der Waals surface area (Å²) in [6, 6.07) is 0.0443. The maximum atomic E-state index is 12.7. The number of nitrogens with one attached hydrogen (secondary N) is 1. The van der Waals surface area contributed by atoms with Gasteiger partial charge in [0.2, 0.25) is 0 Å². The first-order valence-electron chi connectivity index (χ1n) is 7.00. The van der Waals surface area contributed by atoms with Crippen molar-refractivity contribution >= 4 is 0 Å². The molecule has 0 bridgehead atoms. The first-order chi connectivity index (χ1) is 8.44. The molecule has 0 aromatic heterocycles. The summed E-state index contributed by atoms with van der Waals surface area (Å²) in [5.41, 5.74) is -0.0323. The molecule has 0 aromatic rings. The van der Waals surface area contributed by atoms with E-state index in [0.29, 0.717) is 13.1 Å². The summed E-state index contributed by atoms with van der Waals surface area (Å²) in [6.45, 7) is 2.56. The van der Waals surface area contributed by atoms with Crippen LogP contribution in [0.5, 0.6) is 0 Å². The van der Waals surface area contributed by atoms with E-state index in [1.165, 1.54) is 0 Å². The number of hydrogen-bond acceptors (Lipinski definition) is 2. The maximum absolute atomic E-state index is 12.7. The highest BCUT2D eigenvalue weighted by atomic mass is 19.4. The molecule has 18 heavy (non-hydrogen) atoms. The molecular formula is C13H23F3N2. The minimum atomic E-state index is -4.08. The van der Waals surface area contributed by atoms with Crippen molar-refractivity contribution in [2.45, 2.75) is 63.2 Å². The summed E-state index contributed by atoms with van der Waals surface area (Å²) in [7, 11) is 0. The molecule has 1 unspecified atom stereocenters. The summed E-state index contributed by atoms with van der Waals surface area (Å²) in [5, 5.41) is 3.54. The predicted octanol–water partition coefficient (Wildman–Crippen LogP) is 2.94. The average Bonchev–Trinajstić information content (AvgIpc) is 2.69. The lowest BCUT2D eigenvalue weighted by molar-refractivity contribution is -0.157. The normalized spacial score (nSPS) is 29.0. The van der Waals surface area contributed by atoms with Crippen LogP contribution in [0.25, 0.3) is 0 Å². The lowest BCUT2D eigenvalue weighted by atomic mass is 9.91. The van der Waals surface area contributed by atoms with E-state index in [-0.39, 0.29) is 11.6 Å². The molecule has 1 N–H and O–H groups in total. The van der Waals surface area contributed by atoms with Crippen LogP contribution in [0.2, 0.25) is 0 Å². The molecule has 2 aliphatic rings. The summed E-state index contributed by atoms with van der Waals surface area (Å²) in [5.74, 6) is 0. The quantitative estimate of drug-likeness (QED) is 0.843. The van der Waals surface area contributed by atoms with E-state index in [4.69, 9.17) is 0 Å². The van der Waals surface area contributed by atoms with E-state index in [0.717, 1.165) is 38.5 Å². The van der Waals surface area contributed by atoms with Gasteiger partial charge in [-0.25, -0.2) is 0 Å². The Morgan fingerprint density at radius 3 is 2.50 bits per heavy atom. The second kappa shape index (κ2) is 5.37. The molecule has 2 nitrogen and oxygen atoms in total. The van der Waals surface area contributed by atoms with Crippen molar-refractivity contribution in [1.29, 1.82) is 0 Å². The Morgan fingerprint density at radius 2 is 1.94 bits per heavy atom.